The Hall–Kier alpha value is -0.840. The summed E-state index contributed by atoms with van der Waals surface area (Å²) >= 11 is 5.20. The molecule has 0 saturated heterocycles. The summed E-state index contributed by atoms with van der Waals surface area (Å²) in [5.41, 5.74) is 5.82. The average Bonchev–Trinajstić information content (AvgIpc) is 2.48. The molecule has 3 unspecified atom stereocenters. The van der Waals surface area contributed by atoms with Crippen molar-refractivity contribution in [3.63, 3.8) is 0 Å². The van der Waals surface area contributed by atoms with Gasteiger partial charge in [0.25, 0.3) is 0 Å². The largest absolute Gasteiger partial charge is 0.368 e. The van der Waals surface area contributed by atoms with Crippen LogP contribution in [0.15, 0.2) is 0 Å². The molecular formula is C10H18N4S. The molecule has 1 saturated carbocycles. The quantitative estimate of drug-likeness (QED) is 0.723. The number of nitrogen functional groups attached to an aromatic ring is 1. The first-order chi connectivity index (χ1) is 7.09. The van der Waals surface area contributed by atoms with Crippen LogP contribution in [0, 0.1) is 16.6 Å². The van der Waals surface area contributed by atoms with Crippen molar-refractivity contribution in [3.05, 3.63) is 4.77 Å². The summed E-state index contributed by atoms with van der Waals surface area (Å²) in [5.74, 6) is 1.96. The number of aromatic nitrogens is 3. The Labute approximate surface area is 94.9 Å². The fourth-order valence-corrected chi connectivity index (χ4v) is 2.94. The standard InChI is InChI=1S/C10H18N4S/c1-6-3-4-8(7(2)5-6)14-9(11)12-13-10(14)15/h6-8H,3-5H2,1-2H3,(H2,11,12)(H,13,15). The molecule has 1 aliphatic rings. The number of nitrogens with zero attached hydrogens (tertiary/aromatic N) is 2. The summed E-state index contributed by atoms with van der Waals surface area (Å²) in [6, 6.07) is 0.424. The van der Waals surface area contributed by atoms with Gasteiger partial charge in [-0.3, -0.25) is 4.57 Å². The van der Waals surface area contributed by atoms with E-state index < -0.39 is 0 Å². The second kappa shape index (κ2) is 3.96. The van der Waals surface area contributed by atoms with E-state index >= 15 is 0 Å². The molecular weight excluding hydrogens is 208 g/mol. The van der Waals surface area contributed by atoms with Gasteiger partial charge < -0.3 is 5.73 Å². The molecule has 0 aliphatic heterocycles. The van der Waals surface area contributed by atoms with Gasteiger partial charge >= 0.3 is 0 Å². The average molecular weight is 226 g/mol. The second-order valence-corrected chi connectivity index (χ2v) is 5.11. The van der Waals surface area contributed by atoms with Crippen LogP contribution in [0.4, 0.5) is 5.95 Å². The normalized spacial score (nSPS) is 31.7. The molecule has 0 bridgehead atoms. The van der Waals surface area contributed by atoms with Gasteiger partial charge in [0.15, 0.2) is 4.77 Å². The van der Waals surface area contributed by atoms with E-state index in [1.807, 2.05) is 4.57 Å². The maximum absolute atomic E-state index is 5.82. The lowest BCUT2D eigenvalue weighted by atomic mass is 9.80. The molecule has 1 heterocycles. The zero-order chi connectivity index (χ0) is 11.0. The summed E-state index contributed by atoms with van der Waals surface area (Å²) < 4.78 is 2.63. The fourth-order valence-electron chi connectivity index (χ4n) is 2.67. The molecule has 5 heteroatoms. The maximum atomic E-state index is 5.82. The molecule has 15 heavy (non-hydrogen) atoms. The Morgan fingerprint density at radius 2 is 2.20 bits per heavy atom. The molecule has 1 aromatic heterocycles. The van der Waals surface area contributed by atoms with E-state index in [4.69, 9.17) is 18.0 Å². The van der Waals surface area contributed by atoms with Gasteiger partial charge in [-0.2, -0.15) is 0 Å². The van der Waals surface area contributed by atoms with Crippen molar-refractivity contribution in [2.24, 2.45) is 11.8 Å². The van der Waals surface area contributed by atoms with Crippen LogP contribution in [0.1, 0.15) is 39.2 Å². The summed E-state index contributed by atoms with van der Waals surface area (Å²) in [6.45, 7) is 4.58. The number of nitrogens with two attached hydrogens (primary N) is 1. The van der Waals surface area contributed by atoms with Crippen LogP contribution in [-0.2, 0) is 0 Å². The summed E-state index contributed by atoms with van der Waals surface area (Å²) in [6.07, 6.45) is 3.65. The third kappa shape index (κ3) is 1.93. The monoisotopic (exact) mass is 226 g/mol. The summed E-state index contributed by atoms with van der Waals surface area (Å²) in [4.78, 5) is 0. The predicted molar refractivity (Wildman–Crippen MR) is 63.0 cm³/mol. The number of hydrogen-bond acceptors (Lipinski definition) is 3. The molecule has 0 spiro atoms. The van der Waals surface area contributed by atoms with E-state index in [1.165, 1.54) is 12.8 Å². The van der Waals surface area contributed by atoms with Crippen LogP contribution in [0.5, 0.6) is 0 Å². The molecule has 2 rings (SSSR count). The zero-order valence-corrected chi connectivity index (χ0v) is 10.0. The topological polar surface area (TPSA) is 59.6 Å². The second-order valence-electron chi connectivity index (χ2n) is 4.72. The maximum Gasteiger partial charge on any atom is 0.220 e. The van der Waals surface area contributed by atoms with Gasteiger partial charge in [0.05, 0.1) is 0 Å². The number of hydrogen-bond donors (Lipinski definition) is 2. The van der Waals surface area contributed by atoms with E-state index in [0.717, 1.165) is 12.3 Å². The van der Waals surface area contributed by atoms with Crippen molar-refractivity contribution < 1.29 is 0 Å². The Morgan fingerprint density at radius 3 is 2.73 bits per heavy atom. The third-order valence-corrected chi connectivity index (χ3v) is 3.74. The zero-order valence-electron chi connectivity index (χ0n) is 9.23. The number of rotatable bonds is 1. The highest BCUT2D eigenvalue weighted by atomic mass is 32.1. The lowest BCUT2D eigenvalue weighted by molar-refractivity contribution is 0.208. The number of aromatic amines is 1. The lowest BCUT2D eigenvalue weighted by Crippen LogP contribution is -2.25. The molecule has 3 N–H and O–H groups in total. The van der Waals surface area contributed by atoms with Crippen LogP contribution in [-0.4, -0.2) is 14.8 Å². The van der Waals surface area contributed by atoms with E-state index in [2.05, 4.69) is 24.0 Å². The van der Waals surface area contributed by atoms with Crippen LogP contribution in [0.3, 0.4) is 0 Å². The first-order valence-corrected chi connectivity index (χ1v) is 5.92. The molecule has 0 aromatic carbocycles. The van der Waals surface area contributed by atoms with Gasteiger partial charge in [0, 0.05) is 6.04 Å². The Kier molecular flexibility index (Phi) is 2.82. The van der Waals surface area contributed by atoms with Crippen molar-refractivity contribution in [2.45, 2.75) is 39.2 Å². The van der Waals surface area contributed by atoms with E-state index in [0.29, 0.717) is 22.7 Å². The van der Waals surface area contributed by atoms with Crippen LogP contribution in [0.2, 0.25) is 0 Å². The van der Waals surface area contributed by atoms with Gasteiger partial charge in [-0.25, -0.2) is 5.10 Å². The van der Waals surface area contributed by atoms with Crippen molar-refractivity contribution in [3.8, 4) is 0 Å². The molecule has 84 valence electrons. The first-order valence-electron chi connectivity index (χ1n) is 5.52. The van der Waals surface area contributed by atoms with Crippen LogP contribution in [0.25, 0.3) is 0 Å². The molecule has 0 amide bonds. The van der Waals surface area contributed by atoms with Crippen LogP contribution < -0.4 is 5.73 Å². The van der Waals surface area contributed by atoms with Gasteiger partial charge in [-0.1, -0.05) is 13.8 Å². The fraction of sp³-hybridized carbons (Fsp3) is 0.800. The number of nitrogens with one attached hydrogen (secondary N) is 1. The first kappa shape index (κ1) is 10.7. The third-order valence-electron chi connectivity index (χ3n) is 3.45. The van der Waals surface area contributed by atoms with Crippen molar-refractivity contribution in [2.75, 3.05) is 5.73 Å². The minimum Gasteiger partial charge on any atom is -0.368 e. The number of anilines is 1. The lowest BCUT2D eigenvalue weighted by Gasteiger charge is -2.33. The van der Waals surface area contributed by atoms with Gasteiger partial charge in [0.2, 0.25) is 5.95 Å². The molecule has 4 nitrogen and oxygen atoms in total. The SMILES string of the molecule is CC1CCC(n2c(N)n[nH]c2=S)C(C)C1. The Morgan fingerprint density at radius 1 is 1.47 bits per heavy atom. The number of H-pyrrole nitrogens is 1. The molecule has 1 aliphatic carbocycles. The predicted octanol–water partition coefficient (Wildman–Crippen LogP) is 2.52. The van der Waals surface area contributed by atoms with Crippen molar-refractivity contribution in [1.82, 2.24) is 14.8 Å². The Balaban J connectivity index is 2.28. The highest BCUT2D eigenvalue weighted by Crippen LogP contribution is 2.37. The van der Waals surface area contributed by atoms with Gasteiger partial charge in [-0.05, 0) is 43.3 Å². The smallest absolute Gasteiger partial charge is 0.220 e. The van der Waals surface area contributed by atoms with Gasteiger partial charge in [-0.15, -0.1) is 5.10 Å². The minimum absolute atomic E-state index is 0.424. The highest BCUT2D eigenvalue weighted by molar-refractivity contribution is 7.71. The summed E-state index contributed by atoms with van der Waals surface area (Å²) in [5, 5.41) is 6.73. The molecule has 1 fully saturated rings. The molecule has 3 atom stereocenters. The minimum atomic E-state index is 0.424. The van der Waals surface area contributed by atoms with E-state index in [1.54, 1.807) is 0 Å². The highest BCUT2D eigenvalue weighted by Gasteiger charge is 2.28. The summed E-state index contributed by atoms with van der Waals surface area (Å²) in [7, 11) is 0. The molecule has 0 radical (unpaired) electrons. The van der Waals surface area contributed by atoms with Crippen molar-refractivity contribution in [1.29, 1.82) is 0 Å². The van der Waals surface area contributed by atoms with E-state index in [-0.39, 0.29) is 0 Å². The molecule has 1 aromatic rings. The van der Waals surface area contributed by atoms with Gasteiger partial charge in [0.1, 0.15) is 0 Å². The van der Waals surface area contributed by atoms with Crippen LogP contribution >= 0.6 is 12.2 Å². The van der Waals surface area contributed by atoms with Crippen molar-refractivity contribution >= 4 is 18.2 Å². The Bertz CT molecular complexity index is 394. The van der Waals surface area contributed by atoms with E-state index in [9.17, 15) is 0 Å².